The van der Waals surface area contributed by atoms with Crippen LogP contribution in [0.2, 0.25) is 15.1 Å². The van der Waals surface area contributed by atoms with Crippen LogP contribution in [0.5, 0.6) is 0 Å². The van der Waals surface area contributed by atoms with Gasteiger partial charge < -0.3 is 4.42 Å². The number of aromatic amines is 1. The molecule has 0 fully saturated rings. The van der Waals surface area contributed by atoms with Crippen LogP contribution in [0.25, 0.3) is 11.1 Å². The van der Waals surface area contributed by atoms with Crippen molar-refractivity contribution in [3.8, 4) is 0 Å². The lowest BCUT2D eigenvalue weighted by Gasteiger charge is -2.11. The fourth-order valence-electron chi connectivity index (χ4n) is 1.93. The van der Waals surface area contributed by atoms with Crippen LogP contribution in [0, 0.1) is 0 Å². The minimum Gasteiger partial charge on any atom is -0.408 e. The Bertz CT molecular complexity index is 1070. The molecule has 3 rings (SSSR count). The number of sulfonamides is 1. The van der Waals surface area contributed by atoms with Gasteiger partial charge in [0.15, 0.2) is 5.58 Å². The van der Waals surface area contributed by atoms with Crippen LogP contribution in [-0.4, -0.2) is 13.4 Å². The molecular weight excluding hydrogens is 387 g/mol. The molecule has 3 aromatic rings. The third-order valence-corrected chi connectivity index (χ3v) is 5.33. The van der Waals surface area contributed by atoms with E-state index < -0.39 is 15.8 Å². The first-order valence-corrected chi connectivity index (χ1v) is 8.68. The zero-order valence-corrected chi connectivity index (χ0v) is 14.1. The van der Waals surface area contributed by atoms with E-state index in [0.717, 1.165) is 6.07 Å². The number of fused-ring (bicyclic) bond motifs is 1. The predicted molar refractivity (Wildman–Crippen MR) is 89.1 cm³/mol. The Morgan fingerprint density at radius 3 is 2.52 bits per heavy atom. The third-order valence-electron chi connectivity index (χ3n) is 2.94. The summed E-state index contributed by atoms with van der Waals surface area (Å²) in [5.41, 5.74) is 0.461. The number of oxazole rings is 1. The molecule has 0 saturated heterocycles. The van der Waals surface area contributed by atoms with Crippen molar-refractivity contribution >= 4 is 61.6 Å². The number of anilines is 1. The molecule has 6 nitrogen and oxygen atoms in total. The van der Waals surface area contributed by atoms with Crippen molar-refractivity contribution in [2.24, 2.45) is 0 Å². The fourth-order valence-corrected chi connectivity index (χ4v) is 3.94. The van der Waals surface area contributed by atoms with Gasteiger partial charge in [-0.05, 0) is 24.3 Å². The summed E-state index contributed by atoms with van der Waals surface area (Å²) in [5, 5.41) is 0.397. The molecule has 0 radical (unpaired) electrons. The van der Waals surface area contributed by atoms with E-state index in [-0.39, 0.29) is 26.2 Å². The fraction of sp³-hybridized carbons (Fsp3) is 0. The first-order valence-electron chi connectivity index (χ1n) is 6.06. The van der Waals surface area contributed by atoms with Gasteiger partial charge in [0, 0.05) is 11.1 Å². The number of hydrogen-bond acceptors (Lipinski definition) is 4. The van der Waals surface area contributed by atoms with Gasteiger partial charge in [0.2, 0.25) is 0 Å². The smallest absolute Gasteiger partial charge is 0.408 e. The summed E-state index contributed by atoms with van der Waals surface area (Å²) in [5.74, 6) is -0.712. The quantitative estimate of drug-likeness (QED) is 0.706. The van der Waals surface area contributed by atoms with E-state index >= 15 is 0 Å². The number of nitrogens with one attached hydrogen (secondary N) is 2. The maximum absolute atomic E-state index is 12.5. The molecule has 0 aliphatic rings. The topological polar surface area (TPSA) is 92.2 Å². The summed E-state index contributed by atoms with van der Waals surface area (Å²) in [6.07, 6.45) is 0. The van der Waals surface area contributed by atoms with Crippen LogP contribution in [0.3, 0.4) is 0 Å². The molecule has 120 valence electrons. The molecular formula is C13H7Cl3N2O4S. The first-order chi connectivity index (χ1) is 10.8. The number of benzene rings is 2. The Labute approximate surface area is 145 Å². The van der Waals surface area contributed by atoms with Gasteiger partial charge in [0.05, 0.1) is 21.2 Å². The normalized spacial score (nSPS) is 11.8. The minimum absolute atomic E-state index is 0.0666. The molecule has 0 bridgehead atoms. The number of aromatic nitrogens is 1. The molecule has 0 atom stereocenters. The van der Waals surface area contributed by atoms with Crippen LogP contribution in [0.4, 0.5) is 5.69 Å². The zero-order chi connectivity index (χ0) is 16.8. The second-order valence-electron chi connectivity index (χ2n) is 4.52. The number of halogens is 3. The predicted octanol–water partition coefficient (Wildman–Crippen LogP) is 3.88. The number of H-pyrrole nitrogens is 1. The lowest BCUT2D eigenvalue weighted by atomic mass is 10.3. The molecule has 2 aromatic carbocycles. The van der Waals surface area contributed by atoms with Gasteiger partial charge in [-0.2, -0.15) is 0 Å². The first kappa shape index (κ1) is 16.2. The number of rotatable bonds is 3. The molecule has 1 heterocycles. The Morgan fingerprint density at radius 1 is 1.04 bits per heavy atom. The highest BCUT2D eigenvalue weighted by Crippen LogP contribution is 2.31. The van der Waals surface area contributed by atoms with Crippen LogP contribution >= 0.6 is 34.8 Å². The second kappa shape index (κ2) is 5.76. The SMILES string of the molecule is O=c1[nH]c2cc(Cl)c(S(=O)(=O)Nc3cc(Cl)ccc3Cl)cc2o1. The highest BCUT2D eigenvalue weighted by molar-refractivity contribution is 7.92. The summed E-state index contributed by atoms with van der Waals surface area (Å²) in [7, 11) is -4.07. The van der Waals surface area contributed by atoms with Crippen molar-refractivity contribution in [3.05, 3.63) is 56.0 Å². The molecule has 0 saturated carbocycles. The monoisotopic (exact) mass is 392 g/mol. The van der Waals surface area contributed by atoms with E-state index in [4.69, 9.17) is 39.2 Å². The van der Waals surface area contributed by atoms with Gasteiger partial charge >= 0.3 is 5.76 Å². The van der Waals surface area contributed by atoms with Crippen LogP contribution in [0.1, 0.15) is 0 Å². The maximum Gasteiger partial charge on any atom is 0.417 e. The van der Waals surface area contributed by atoms with Crippen molar-refractivity contribution in [2.75, 3.05) is 4.72 Å². The van der Waals surface area contributed by atoms with E-state index in [1.54, 1.807) is 0 Å². The largest absolute Gasteiger partial charge is 0.417 e. The van der Waals surface area contributed by atoms with Crippen molar-refractivity contribution in [1.82, 2.24) is 4.98 Å². The van der Waals surface area contributed by atoms with Gasteiger partial charge in [0.1, 0.15) is 4.90 Å². The molecule has 0 amide bonds. The lowest BCUT2D eigenvalue weighted by molar-refractivity contribution is 0.554. The Hall–Kier alpha value is -1.67. The average molecular weight is 394 g/mol. The van der Waals surface area contributed by atoms with E-state index in [1.165, 1.54) is 24.3 Å². The minimum atomic E-state index is -4.07. The molecule has 1 aromatic heterocycles. The molecule has 0 spiro atoms. The second-order valence-corrected chi connectivity index (χ2v) is 7.42. The van der Waals surface area contributed by atoms with Crippen molar-refractivity contribution in [1.29, 1.82) is 0 Å². The standard InChI is InChI=1S/C13H7Cl3N2O4S/c14-6-1-2-7(15)9(3-6)18-23(20,21)12-5-11-10(4-8(12)16)17-13(19)22-11/h1-5,18H,(H,17,19). The highest BCUT2D eigenvalue weighted by atomic mass is 35.5. The van der Waals surface area contributed by atoms with Crippen molar-refractivity contribution < 1.29 is 12.8 Å². The van der Waals surface area contributed by atoms with Gasteiger partial charge in [-0.25, -0.2) is 13.2 Å². The van der Waals surface area contributed by atoms with E-state index in [0.29, 0.717) is 10.5 Å². The molecule has 2 N–H and O–H groups in total. The molecule has 0 unspecified atom stereocenters. The van der Waals surface area contributed by atoms with Gasteiger partial charge in [-0.15, -0.1) is 0 Å². The maximum atomic E-state index is 12.5. The van der Waals surface area contributed by atoms with Crippen LogP contribution in [0.15, 0.2) is 44.4 Å². The van der Waals surface area contributed by atoms with Crippen LogP contribution < -0.4 is 10.5 Å². The third kappa shape index (κ3) is 3.18. The Balaban J connectivity index is 2.10. The Morgan fingerprint density at radius 2 is 1.78 bits per heavy atom. The average Bonchev–Trinajstić information content (AvgIpc) is 2.80. The highest BCUT2D eigenvalue weighted by Gasteiger charge is 2.21. The summed E-state index contributed by atoms with van der Waals surface area (Å²) >= 11 is 17.8. The number of hydrogen-bond donors (Lipinski definition) is 2. The van der Waals surface area contributed by atoms with Gasteiger partial charge in [-0.3, -0.25) is 9.71 Å². The Kier molecular flexibility index (Phi) is 4.05. The summed E-state index contributed by atoms with van der Waals surface area (Å²) in [6.45, 7) is 0. The summed E-state index contributed by atoms with van der Waals surface area (Å²) in [6, 6.07) is 6.78. The molecule has 23 heavy (non-hydrogen) atoms. The van der Waals surface area contributed by atoms with E-state index in [9.17, 15) is 13.2 Å². The summed E-state index contributed by atoms with van der Waals surface area (Å²) < 4.78 is 32.2. The lowest BCUT2D eigenvalue weighted by Crippen LogP contribution is -2.13. The van der Waals surface area contributed by atoms with E-state index in [1.807, 2.05) is 0 Å². The van der Waals surface area contributed by atoms with Gasteiger partial charge in [0.25, 0.3) is 10.0 Å². The van der Waals surface area contributed by atoms with Gasteiger partial charge in [-0.1, -0.05) is 34.8 Å². The van der Waals surface area contributed by atoms with Crippen LogP contribution in [-0.2, 0) is 10.0 Å². The molecule has 10 heteroatoms. The van der Waals surface area contributed by atoms with E-state index in [2.05, 4.69) is 9.71 Å². The van der Waals surface area contributed by atoms with Crippen molar-refractivity contribution in [2.45, 2.75) is 4.90 Å². The van der Waals surface area contributed by atoms with Crippen molar-refractivity contribution in [3.63, 3.8) is 0 Å². The molecule has 0 aliphatic heterocycles. The summed E-state index contributed by atoms with van der Waals surface area (Å²) in [4.78, 5) is 13.3. The molecule has 0 aliphatic carbocycles. The zero-order valence-electron chi connectivity index (χ0n) is 11.1.